The number of nitrogens with zero attached hydrogens (tertiary/aromatic N) is 1. The van der Waals surface area contributed by atoms with Gasteiger partial charge < -0.3 is 10.2 Å². The first kappa shape index (κ1) is 21.0. The largest absolute Gasteiger partial charge is 0.416 e. The van der Waals surface area contributed by atoms with Gasteiger partial charge in [0.15, 0.2) is 0 Å². The first-order valence-electron chi connectivity index (χ1n) is 8.95. The van der Waals surface area contributed by atoms with Gasteiger partial charge in [-0.05, 0) is 63.2 Å². The van der Waals surface area contributed by atoms with E-state index in [2.05, 4.69) is 24.1 Å². The molecular formula is C21H25F3N2O. The Balaban J connectivity index is 2.08. The van der Waals surface area contributed by atoms with Gasteiger partial charge in [-0.1, -0.05) is 30.3 Å². The maximum atomic E-state index is 12.7. The van der Waals surface area contributed by atoms with Gasteiger partial charge in [0.25, 0.3) is 5.91 Å². The molecule has 0 saturated carbocycles. The van der Waals surface area contributed by atoms with Gasteiger partial charge in [0, 0.05) is 18.2 Å². The second-order valence-corrected chi connectivity index (χ2v) is 6.80. The van der Waals surface area contributed by atoms with Crippen LogP contribution in [0.4, 0.5) is 13.2 Å². The number of benzene rings is 2. The van der Waals surface area contributed by atoms with E-state index in [4.69, 9.17) is 0 Å². The third-order valence-electron chi connectivity index (χ3n) is 4.55. The van der Waals surface area contributed by atoms with Crippen LogP contribution in [0, 0.1) is 0 Å². The highest BCUT2D eigenvalue weighted by molar-refractivity contribution is 6.00. The third kappa shape index (κ3) is 5.82. The topological polar surface area (TPSA) is 32.3 Å². The summed E-state index contributed by atoms with van der Waals surface area (Å²) in [4.78, 5) is 14.7. The van der Waals surface area contributed by atoms with Crippen LogP contribution < -0.4 is 5.32 Å². The van der Waals surface area contributed by atoms with Crippen molar-refractivity contribution in [2.24, 2.45) is 0 Å². The molecule has 0 unspecified atom stereocenters. The Hall–Kier alpha value is -2.34. The molecule has 27 heavy (non-hydrogen) atoms. The zero-order chi connectivity index (χ0) is 20.0. The Labute approximate surface area is 158 Å². The lowest BCUT2D eigenvalue weighted by atomic mass is 9.98. The summed E-state index contributed by atoms with van der Waals surface area (Å²) < 4.78 is 38.2. The molecule has 6 heteroatoms. The van der Waals surface area contributed by atoms with Gasteiger partial charge in [-0.15, -0.1) is 0 Å². The molecule has 0 fully saturated rings. The Morgan fingerprint density at radius 2 is 1.70 bits per heavy atom. The van der Waals surface area contributed by atoms with Gasteiger partial charge in [0.2, 0.25) is 0 Å². The lowest BCUT2D eigenvalue weighted by Gasteiger charge is -2.20. The molecule has 0 spiro atoms. The lowest BCUT2D eigenvalue weighted by Crippen LogP contribution is -2.31. The van der Waals surface area contributed by atoms with Crippen LogP contribution in [0.5, 0.6) is 0 Å². The predicted molar refractivity (Wildman–Crippen MR) is 102 cm³/mol. The van der Waals surface area contributed by atoms with E-state index >= 15 is 0 Å². The fourth-order valence-corrected chi connectivity index (χ4v) is 2.66. The van der Waals surface area contributed by atoms with Crippen LogP contribution in [0.3, 0.4) is 0 Å². The van der Waals surface area contributed by atoms with E-state index in [0.717, 1.165) is 25.1 Å². The first-order valence-corrected chi connectivity index (χ1v) is 8.95. The lowest BCUT2D eigenvalue weighted by molar-refractivity contribution is -0.137. The normalized spacial score (nSPS) is 11.9. The minimum absolute atomic E-state index is 0.224. The van der Waals surface area contributed by atoms with Crippen LogP contribution in [0.1, 0.15) is 36.2 Å². The second kappa shape index (κ2) is 9.04. The van der Waals surface area contributed by atoms with Crippen molar-refractivity contribution in [3.05, 3.63) is 59.7 Å². The van der Waals surface area contributed by atoms with Gasteiger partial charge in [-0.2, -0.15) is 13.2 Å². The summed E-state index contributed by atoms with van der Waals surface area (Å²) in [6.07, 6.45) is -3.55. The van der Waals surface area contributed by atoms with E-state index in [1.54, 1.807) is 24.3 Å². The monoisotopic (exact) mass is 378 g/mol. The highest BCUT2D eigenvalue weighted by atomic mass is 19.4. The van der Waals surface area contributed by atoms with E-state index in [9.17, 15) is 18.0 Å². The number of alkyl halides is 3. The van der Waals surface area contributed by atoms with Crippen molar-refractivity contribution in [2.75, 3.05) is 20.1 Å². The molecule has 2 aromatic carbocycles. The van der Waals surface area contributed by atoms with Gasteiger partial charge in [0.1, 0.15) is 0 Å². The SMILES string of the molecule is CC(C)N(C)CCCNC(=O)c1ccccc1-c1ccc(C(F)(F)F)cc1. The average Bonchev–Trinajstić information content (AvgIpc) is 2.64. The fraction of sp³-hybridized carbons (Fsp3) is 0.381. The minimum atomic E-state index is -4.38. The van der Waals surface area contributed by atoms with Crippen molar-refractivity contribution >= 4 is 5.91 Å². The van der Waals surface area contributed by atoms with Crippen molar-refractivity contribution in [1.82, 2.24) is 10.2 Å². The number of hydrogen-bond donors (Lipinski definition) is 1. The fourth-order valence-electron chi connectivity index (χ4n) is 2.66. The Morgan fingerprint density at radius 1 is 1.07 bits per heavy atom. The average molecular weight is 378 g/mol. The van der Waals surface area contributed by atoms with E-state index < -0.39 is 11.7 Å². The van der Waals surface area contributed by atoms with Gasteiger partial charge >= 0.3 is 6.18 Å². The van der Waals surface area contributed by atoms with Crippen LogP contribution in [-0.4, -0.2) is 37.0 Å². The van der Waals surface area contributed by atoms with Crippen molar-refractivity contribution in [2.45, 2.75) is 32.5 Å². The summed E-state index contributed by atoms with van der Waals surface area (Å²) >= 11 is 0. The summed E-state index contributed by atoms with van der Waals surface area (Å²) in [6.45, 7) is 5.63. The van der Waals surface area contributed by atoms with E-state index in [-0.39, 0.29) is 5.91 Å². The van der Waals surface area contributed by atoms with Gasteiger partial charge in [0.05, 0.1) is 5.56 Å². The second-order valence-electron chi connectivity index (χ2n) is 6.80. The number of rotatable bonds is 7. The van der Waals surface area contributed by atoms with E-state index in [1.807, 2.05) is 7.05 Å². The molecule has 0 aliphatic carbocycles. The molecule has 0 atom stereocenters. The summed E-state index contributed by atoms with van der Waals surface area (Å²) in [6, 6.07) is 12.2. The highest BCUT2D eigenvalue weighted by Gasteiger charge is 2.30. The maximum Gasteiger partial charge on any atom is 0.416 e. The Kier molecular flexibility index (Phi) is 7.02. The number of carbonyl (C=O) groups excluding carboxylic acids is 1. The van der Waals surface area contributed by atoms with Crippen molar-refractivity contribution in [1.29, 1.82) is 0 Å². The summed E-state index contributed by atoms with van der Waals surface area (Å²) in [5, 5.41) is 2.89. The number of nitrogens with one attached hydrogen (secondary N) is 1. The predicted octanol–water partition coefficient (Wildman–Crippen LogP) is 4.83. The number of amides is 1. The van der Waals surface area contributed by atoms with Gasteiger partial charge in [-0.3, -0.25) is 4.79 Å². The molecule has 2 aromatic rings. The molecule has 0 saturated heterocycles. The van der Waals surface area contributed by atoms with E-state index in [1.165, 1.54) is 12.1 Å². The molecular weight excluding hydrogens is 353 g/mol. The molecule has 0 heterocycles. The van der Waals surface area contributed by atoms with Crippen LogP contribution in [0.25, 0.3) is 11.1 Å². The maximum absolute atomic E-state index is 12.7. The zero-order valence-corrected chi connectivity index (χ0v) is 15.8. The smallest absolute Gasteiger partial charge is 0.352 e. The molecule has 0 aromatic heterocycles. The Bertz CT molecular complexity index is 755. The first-order chi connectivity index (χ1) is 12.7. The van der Waals surface area contributed by atoms with Gasteiger partial charge in [-0.25, -0.2) is 0 Å². The summed E-state index contributed by atoms with van der Waals surface area (Å²) in [7, 11) is 2.03. The van der Waals surface area contributed by atoms with Crippen LogP contribution in [-0.2, 0) is 6.18 Å². The van der Waals surface area contributed by atoms with E-state index in [0.29, 0.717) is 29.3 Å². The van der Waals surface area contributed by atoms with Crippen molar-refractivity contribution in [3.63, 3.8) is 0 Å². The standard InChI is InChI=1S/C21H25F3N2O/c1-15(2)26(3)14-6-13-25-20(27)19-8-5-4-7-18(19)16-9-11-17(12-10-16)21(22,23)24/h4-5,7-12,15H,6,13-14H2,1-3H3,(H,25,27). The molecule has 0 bridgehead atoms. The molecule has 1 amide bonds. The molecule has 146 valence electrons. The molecule has 0 aliphatic rings. The quantitative estimate of drug-likeness (QED) is 0.700. The molecule has 1 N–H and O–H groups in total. The number of hydrogen-bond acceptors (Lipinski definition) is 2. The summed E-state index contributed by atoms with van der Waals surface area (Å²) in [5.41, 5.74) is 0.938. The van der Waals surface area contributed by atoms with Crippen LogP contribution in [0.2, 0.25) is 0 Å². The Morgan fingerprint density at radius 3 is 2.30 bits per heavy atom. The van der Waals surface area contributed by atoms with Crippen molar-refractivity contribution in [3.8, 4) is 11.1 Å². The number of halogens is 3. The van der Waals surface area contributed by atoms with Crippen LogP contribution >= 0.6 is 0 Å². The molecule has 2 rings (SSSR count). The van der Waals surface area contributed by atoms with Crippen LogP contribution in [0.15, 0.2) is 48.5 Å². The third-order valence-corrected chi connectivity index (χ3v) is 4.55. The number of carbonyl (C=O) groups is 1. The molecule has 0 aliphatic heterocycles. The zero-order valence-electron chi connectivity index (χ0n) is 15.8. The summed E-state index contributed by atoms with van der Waals surface area (Å²) in [5.74, 6) is -0.224. The molecule has 3 nitrogen and oxygen atoms in total. The van der Waals surface area contributed by atoms with Crippen molar-refractivity contribution < 1.29 is 18.0 Å². The highest BCUT2D eigenvalue weighted by Crippen LogP contribution is 2.31. The minimum Gasteiger partial charge on any atom is -0.352 e. The molecule has 0 radical (unpaired) electrons.